The summed E-state index contributed by atoms with van der Waals surface area (Å²) in [4.78, 5) is 0. The van der Waals surface area contributed by atoms with E-state index < -0.39 is 0 Å². The monoisotopic (exact) mass is 371 g/mol. The maximum absolute atomic E-state index is 6.02. The Balaban J connectivity index is 2.23. The summed E-state index contributed by atoms with van der Waals surface area (Å²) in [6, 6.07) is 5.36. The molecule has 1 aromatic carbocycles. The molecule has 0 fully saturated rings. The molecule has 0 radical (unpaired) electrons. The van der Waals surface area contributed by atoms with Gasteiger partial charge in [-0.3, -0.25) is 4.68 Å². The van der Waals surface area contributed by atoms with E-state index in [2.05, 4.69) is 28.0 Å². The molecule has 4 nitrogen and oxygen atoms in total. The van der Waals surface area contributed by atoms with Crippen molar-refractivity contribution >= 4 is 27.5 Å². The van der Waals surface area contributed by atoms with E-state index in [1.165, 1.54) is 0 Å². The van der Waals surface area contributed by atoms with Gasteiger partial charge < -0.3 is 10.5 Å². The summed E-state index contributed by atoms with van der Waals surface area (Å²) in [5.74, 6) is 0.751. The van der Waals surface area contributed by atoms with Gasteiger partial charge in [0.1, 0.15) is 12.4 Å². The number of hydrogen-bond acceptors (Lipinski definition) is 3. The normalized spacial score (nSPS) is 12.5. The molecule has 1 aromatic heterocycles. The molecule has 0 spiro atoms. The van der Waals surface area contributed by atoms with Crippen LogP contribution < -0.4 is 10.5 Å². The smallest absolute Gasteiger partial charge is 0.131 e. The zero-order chi connectivity index (χ0) is 15.6. The largest absolute Gasteiger partial charge is 0.487 e. The molecule has 0 saturated carbocycles. The summed E-state index contributed by atoms with van der Waals surface area (Å²) in [5, 5.41) is 5.11. The molecule has 2 aromatic rings. The number of halogens is 2. The van der Waals surface area contributed by atoms with Crippen molar-refractivity contribution in [2.45, 2.75) is 32.9 Å². The highest BCUT2D eigenvalue weighted by molar-refractivity contribution is 9.10. The van der Waals surface area contributed by atoms with Crippen molar-refractivity contribution in [2.24, 2.45) is 12.8 Å². The van der Waals surface area contributed by atoms with Gasteiger partial charge in [0.05, 0.1) is 15.9 Å². The molecule has 1 heterocycles. The average Bonchev–Trinajstić information content (AvgIpc) is 2.72. The van der Waals surface area contributed by atoms with E-state index in [1.54, 1.807) is 6.07 Å². The van der Waals surface area contributed by atoms with Crippen molar-refractivity contribution in [3.8, 4) is 5.75 Å². The Labute approximate surface area is 138 Å². The standard InChI is InChI=1S/C15H19BrClN3O/c1-4-12-15(16)13(20(3)19-12)8-21-14-6-5-10(17)7-11(14)9(2)18/h5-7,9H,4,8,18H2,1-3H3. The van der Waals surface area contributed by atoms with E-state index in [1.807, 2.05) is 30.8 Å². The number of aromatic nitrogens is 2. The SMILES string of the molecule is CCc1nn(C)c(COc2ccc(Cl)cc2C(C)N)c1Br. The molecule has 0 amide bonds. The number of benzene rings is 1. The lowest BCUT2D eigenvalue weighted by molar-refractivity contribution is 0.290. The first-order valence-electron chi connectivity index (χ1n) is 6.82. The van der Waals surface area contributed by atoms with E-state index in [-0.39, 0.29) is 6.04 Å². The van der Waals surface area contributed by atoms with Gasteiger partial charge >= 0.3 is 0 Å². The van der Waals surface area contributed by atoms with Crippen LogP contribution in [0.4, 0.5) is 0 Å². The van der Waals surface area contributed by atoms with E-state index in [0.717, 1.165) is 33.6 Å². The molecule has 6 heteroatoms. The van der Waals surface area contributed by atoms with Crippen molar-refractivity contribution in [1.29, 1.82) is 0 Å². The summed E-state index contributed by atoms with van der Waals surface area (Å²) in [6.45, 7) is 4.41. The maximum atomic E-state index is 6.02. The molecular formula is C15H19BrClN3O. The first-order valence-corrected chi connectivity index (χ1v) is 7.99. The van der Waals surface area contributed by atoms with Crippen LogP contribution in [0.25, 0.3) is 0 Å². The molecular weight excluding hydrogens is 354 g/mol. The molecule has 114 valence electrons. The van der Waals surface area contributed by atoms with Gasteiger partial charge in [-0.2, -0.15) is 5.10 Å². The van der Waals surface area contributed by atoms with Crippen molar-refractivity contribution in [3.05, 3.63) is 44.6 Å². The molecule has 0 saturated heterocycles. The molecule has 0 aliphatic rings. The fraction of sp³-hybridized carbons (Fsp3) is 0.400. The minimum absolute atomic E-state index is 0.139. The first kappa shape index (κ1) is 16.3. The molecule has 21 heavy (non-hydrogen) atoms. The number of nitrogens with two attached hydrogens (primary N) is 1. The summed E-state index contributed by atoms with van der Waals surface area (Å²) < 4.78 is 8.77. The Morgan fingerprint density at radius 2 is 2.19 bits per heavy atom. The van der Waals surface area contributed by atoms with Gasteiger partial charge in [0, 0.05) is 23.7 Å². The van der Waals surface area contributed by atoms with Crippen LogP contribution in [0.3, 0.4) is 0 Å². The zero-order valence-corrected chi connectivity index (χ0v) is 14.7. The van der Waals surface area contributed by atoms with Crippen LogP contribution in [0.15, 0.2) is 22.7 Å². The van der Waals surface area contributed by atoms with Gasteiger partial charge in [0.15, 0.2) is 0 Å². The molecule has 1 atom stereocenters. The van der Waals surface area contributed by atoms with Crippen LogP contribution in [0.1, 0.15) is 36.8 Å². The lowest BCUT2D eigenvalue weighted by atomic mass is 10.1. The third kappa shape index (κ3) is 3.59. The number of rotatable bonds is 5. The van der Waals surface area contributed by atoms with Gasteiger partial charge in [-0.15, -0.1) is 0 Å². The summed E-state index contributed by atoms with van der Waals surface area (Å²) in [7, 11) is 1.91. The fourth-order valence-electron chi connectivity index (χ4n) is 2.13. The second-order valence-corrected chi connectivity index (χ2v) is 6.17. The van der Waals surface area contributed by atoms with Crippen LogP contribution in [-0.2, 0) is 20.1 Å². The summed E-state index contributed by atoms with van der Waals surface area (Å²) >= 11 is 9.60. The molecule has 2 rings (SSSR count). The third-order valence-electron chi connectivity index (χ3n) is 3.33. The summed E-state index contributed by atoms with van der Waals surface area (Å²) in [6.07, 6.45) is 0.875. The van der Waals surface area contributed by atoms with Crippen LogP contribution >= 0.6 is 27.5 Å². The number of nitrogens with zero attached hydrogens (tertiary/aromatic N) is 2. The number of aryl methyl sites for hydroxylation is 2. The third-order valence-corrected chi connectivity index (χ3v) is 4.48. The average molecular weight is 373 g/mol. The quantitative estimate of drug-likeness (QED) is 0.863. The van der Waals surface area contributed by atoms with E-state index >= 15 is 0 Å². The van der Waals surface area contributed by atoms with E-state index in [0.29, 0.717) is 11.6 Å². The molecule has 0 bridgehead atoms. The fourth-order valence-corrected chi connectivity index (χ4v) is 3.04. The van der Waals surface area contributed by atoms with Gasteiger partial charge in [-0.1, -0.05) is 18.5 Å². The number of hydrogen-bond donors (Lipinski definition) is 1. The lowest BCUT2D eigenvalue weighted by Crippen LogP contribution is -2.09. The lowest BCUT2D eigenvalue weighted by Gasteiger charge is -2.14. The van der Waals surface area contributed by atoms with E-state index in [9.17, 15) is 0 Å². The van der Waals surface area contributed by atoms with Crippen molar-refractivity contribution in [3.63, 3.8) is 0 Å². The first-order chi connectivity index (χ1) is 9.93. The van der Waals surface area contributed by atoms with Crippen molar-refractivity contribution in [2.75, 3.05) is 0 Å². The Morgan fingerprint density at radius 3 is 2.76 bits per heavy atom. The van der Waals surface area contributed by atoms with Gasteiger partial charge in [0.2, 0.25) is 0 Å². The Morgan fingerprint density at radius 1 is 1.48 bits per heavy atom. The van der Waals surface area contributed by atoms with Crippen LogP contribution in [-0.4, -0.2) is 9.78 Å². The zero-order valence-electron chi connectivity index (χ0n) is 12.4. The van der Waals surface area contributed by atoms with Crippen LogP contribution in [0.2, 0.25) is 5.02 Å². The molecule has 2 N–H and O–H groups in total. The minimum Gasteiger partial charge on any atom is -0.487 e. The topological polar surface area (TPSA) is 53.1 Å². The summed E-state index contributed by atoms with van der Waals surface area (Å²) in [5.41, 5.74) is 8.90. The molecule has 0 aliphatic carbocycles. The highest BCUT2D eigenvalue weighted by Crippen LogP contribution is 2.29. The van der Waals surface area contributed by atoms with Crippen LogP contribution in [0, 0.1) is 0 Å². The predicted octanol–water partition coefficient (Wildman–Crippen LogP) is 4.00. The van der Waals surface area contributed by atoms with Gasteiger partial charge in [-0.25, -0.2) is 0 Å². The second-order valence-electron chi connectivity index (χ2n) is 4.94. The molecule has 1 unspecified atom stereocenters. The van der Waals surface area contributed by atoms with Crippen LogP contribution in [0.5, 0.6) is 5.75 Å². The highest BCUT2D eigenvalue weighted by Gasteiger charge is 2.15. The molecule has 0 aliphatic heterocycles. The number of ether oxygens (including phenoxy) is 1. The maximum Gasteiger partial charge on any atom is 0.131 e. The minimum atomic E-state index is -0.139. The Kier molecular flexibility index (Phi) is 5.30. The van der Waals surface area contributed by atoms with Crippen molar-refractivity contribution in [1.82, 2.24) is 9.78 Å². The predicted molar refractivity (Wildman–Crippen MR) is 88.7 cm³/mol. The highest BCUT2D eigenvalue weighted by atomic mass is 79.9. The second kappa shape index (κ2) is 6.81. The Bertz CT molecular complexity index is 640. The van der Waals surface area contributed by atoms with Crippen molar-refractivity contribution < 1.29 is 4.74 Å². The van der Waals surface area contributed by atoms with Gasteiger partial charge in [-0.05, 0) is 47.5 Å². The Hall–Kier alpha value is -1.04. The van der Waals surface area contributed by atoms with Gasteiger partial charge in [0.25, 0.3) is 0 Å². The van der Waals surface area contributed by atoms with E-state index in [4.69, 9.17) is 22.1 Å².